The van der Waals surface area contributed by atoms with Crippen molar-refractivity contribution in [3.05, 3.63) is 65.2 Å². The van der Waals surface area contributed by atoms with E-state index in [4.69, 9.17) is 9.47 Å². The molecule has 0 spiro atoms. The van der Waals surface area contributed by atoms with Crippen LogP contribution >= 0.6 is 0 Å². The highest BCUT2D eigenvalue weighted by molar-refractivity contribution is 5.97. The lowest BCUT2D eigenvalue weighted by Gasteiger charge is -2.23. The van der Waals surface area contributed by atoms with E-state index in [1.54, 1.807) is 45.2 Å². The molecule has 2 unspecified atom stereocenters. The van der Waals surface area contributed by atoms with Crippen molar-refractivity contribution < 1.29 is 32.6 Å². The molecule has 2 rings (SSSR count). The quantitative estimate of drug-likeness (QED) is 0.576. The molecule has 0 bridgehead atoms. The average Bonchev–Trinajstić information content (AvgIpc) is 2.75. The molecule has 2 amide bonds. The van der Waals surface area contributed by atoms with E-state index in [0.29, 0.717) is 5.75 Å². The van der Waals surface area contributed by atoms with Gasteiger partial charge in [0.2, 0.25) is 0 Å². The number of hydrogen-bond acceptors (Lipinski definition) is 5. The van der Waals surface area contributed by atoms with Crippen LogP contribution in [0, 0.1) is 17.6 Å². The van der Waals surface area contributed by atoms with Gasteiger partial charge in [0, 0.05) is 6.54 Å². The van der Waals surface area contributed by atoms with E-state index in [1.165, 1.54) is 6.92 Å². The third-order valence-electron chi connectivity index (χ3n) is 4.68. The van der Waals surface area contributed by atoms with Crippen LogP contribution in [0.3, 0.4) is 0 Å². The fourth-order valence-electron chi connectivity index (χ4n) is 2.80. The Morgan fingerprint density at radius 3 is 2.09 bits per heavy atom. The number of esters is 1. The second-order valence-electron chi connectivity index (χ2n) is 7.44. The minimum absolute atomic E-state index is 0.210. The summed E-state index contributed by atoms with van der Waals surface area (Å²) in [4.78, 5) is 37.2. The van der Waals surface area contributed by atoms with Crippen LogP contribution in [0.4, 0.5) is 8.78 Å². The molecule has 0 fully saturated rings. The molecule has 9 heteroatoms. The summed E-state index contributed by atoms with van der Waals surface area (Å²) in [6.07, 6.45) is -1.15. The normalized spacial score (nSPS) is 12.6. The summed E-state index contributed by atoms with van der Waals surface area (Å²) in [5, 5.41) is 4.94. The monoisotopic (exact) mass is 448 g/mol. The highest BCUT2D eigenvalue weighted by Gasteiger charge is 2.30. The van der Waals surface area contributed by atoms with Gasteiger partial charge >= 0.3 is 5.97 Å². The predicted octanol–water partition coefficient (Wildman–Crippen LogP) is 2.98. The lowest BCUT2D eigenvalue weighted by molar-refractivity contribution is -0.157. The molecule has 0 aliphatic heterocycles. The van der Waals surface area contributed by atoms with Gasteiger partial charge < -0.3 is 20.1 Å². The number of halogens is 2. The Labute approximate surface area is 185 Å². The van der Waals surface area contributed by atoms with E-state index in [0.717, 1.165) is 23.8 Å². The Hall–Kier alpha value is -3.49. The number of rotatable bonds is 9. The average molecular weight is 448 g/mol. The summed E-state index contributed by atoms with van der Waals surface area (Å²) in [5.74, 6) is -4.40. The van der Waals surface area contributed by atoms with Gasteiger partial charge in [-0.2, -0.15) is 0 Å². The predicted molar refractivity (Wildman–Crippen MR) is 113 cm³/mol. The smallest absolute Gasteiger partial charge is 0.329 e. The van der Waals surface area contributed by atoms with Crippen LogP contribution < -0.4 is 15.4 Å². The number of ether oxygens (including phenoxy) is 2. The lowest BCUT2D eigenvalue weighted by Crippen LogP contribution is -2.48. The van der Waals surface area contributed by atoms with Crippen LogP contribution in [0.2, 0.25) is 0 Å². The zero-order valence-corrected chi connectivity index (χ0v) is 18.3. The van der Waals surface area contributed by atoms with Gasteiger partial charge in [-0.15, -0.1) is 0 Å². The first-order valence-electron chi connectivity index (χ1n) is 10.00. The van der Waals surface area contributed by atoms with Gasteiger partial charge in [-0.3, -0.25) is 9.59 Å². The molecule has 0 aromatic heterocycles. The van der Waals surface area contributed by atoms with Crippen LogP contribution in [-0.2, 0) is 20.9 Å². The molecule has 2 aromatic rings. The van der Waals surface area contributed by atoms with Crippen molar-refractivity contribution in [1.82, 2.24) is 10.6 Å². The van der Waals surface area contributed by atoms with Crippen molar-refractivity contribution in [3.8, 4) is 5.75 Å². The minimum Gasteiger partial charge on any atom is -0.497 e. The van der Waals surface area contributed by atoms with E-state index in [-0.39, 0.29) is 6.54 Å². The Morgan fingerprint density at radius 1 is 0.969 bits per heavy atom. The van der Waals surface area contributed by atoms with Crippen molar-refractivity contribution in [2.75, 3.05) is 7.11 Å². The van der Waals surface area contributed by atoms with Crippen molar-refractivity contribution in [1.29, 1.82) is 0 Å². The topological polar surface area (TPSA) is 93.7 Å². The molecule has 0 saturated heterocycles. The zero-order chi connectivity index (χ0) is 23.8. The molecule has 0 radical (unpaired) electrons. The number of amides is 2. The molecule has 0 saturated carbocycles. The third kappa shape index (κ3) is 6.50. The third-order valence-corrected chi connectivity index (χ3v) is 4.68. The van der Waals surface area contributed by atoms with Gasteiger partial charge in [0.1, 0.15) is 29.0 Å². The van der Waals surface area contributed by atoms with Gasteiger partial charge in [0.05, 0.1) is 7.11 Å². The van der Waals surface area contributed by atoms with E-state index >= 15 is 0 Å². The lowest BCUT2D eigenvalue weighted by atomic mass is 10.0. The first-order valence-corrected chi connectivity index (χ1v) is 10.00. The van der Waals surface area contributed by atoms with Crippen LogP contribution in [0.25, 0.3) is 0 Å². The van der Waals surface area contributed by atoms with Crippen molar-refractivity contribution in [2.24, 2.45) is 5.92 Å². The number of benzene rings is 2. The molecule has 0 aliphatic rings. The molecule has 172 valence electrons. The molecule has 0 heterocycles. The Kier molecular flexibility index (Phi) is 8.69. The zero-order valence-electron chi connectivity index (χ0n) is 18.3. The van der Waals surface area contributed by atoms with Gasteiger partial charge in [0.25, 0.3) is 11.8 Å². The maximum Gasteiger partial charge on any atom is 0.329 e. The molecule has 0 aliphatic carbocycles. The summed E-state index contributed by atoms with van der Waals surface area (Å²) in [6.45, 7) is 4.84. The van der Waals surface area contributed by atoms with Crippen LogP contribution in [0.5, 0.6) is 5.75 Å². The number of hydrogen-bond donors (Lipinski definition) is 2. The SMILES string of the molecule is COc1ccc(CNC(=O)C(C)OC(=O)C(NC(=O)c2c(F)cccc2F)C(C)C)cc1. The van der Waals surface area contributed by atoms with Gasteiger partial charge in [-0.05, 0) is 42.7 Å². The van der Waals surface area contributed by atoms with E-state index in [1.807, 2.05) is 0 Å². The highest BCUT2D eigenvalue weighted by atomic mass is 19.1. The maximum absolute atomic E-state index is 13.9. The molecule has 2 N–H and O–H groups in total. The molecular weight excluding hydrogens is 422 g/mol. The minimum atomic E-state index is -1.21. The Balaban J connectivity index is 1.97. The van der Waals surface area contributed by atoms with Crippen LogP contribution in [0.15, 0.2) is 42.5 Å². The van der Waals surface area contributed by atoms with Crippen molar-refractivity contribution >= 4 is 17.8 Å². The second kappa shape index (κ2) is 11.2. The number of carbonyl (C=O) groups excluding carboxylic acids is 3. The fraction of sp³-hybridized carbons (Fsp3) is 0.348. The number of nitrogens with one attached hydrogen (secondary N) is 2. The maximum atomic E-state index is 13.9. The Bertz CT molecular complexity index is 943. The summed E-state index contributed by atoms with van der Waals surface area (Å²) in [6, 6.07) is 8.86. The van der Waals surface area contributed by atoms with Gasteiger partial charge in [-0.1, -0.05) is 32.0 Å². The standard InChI is InChI=1S/C23H26F2N2O5/c1-13(2)20(27-22(29)19-17(24)6-5-7-18(19)25)23(30)32-14(3)21(28)26-12-15-8-10-16(31-4)11-9-15/h5-11,13-14,20H,12H2,1-4H3,(H,26,28)(H,27,29). The van der Waals surface area contributed by atoms with Gasteiger partial charge in [0.15, 0.2) is 6.10 Å². The van der Waals surface area contributed by atoms with Crippen LogP contribution in [0.1, 0.15) is 36.7 Å². The Morgan fingerprint density at radius 2 is 1.56 bits per heavy atom. The summed E-state index contributed by atoms with van der Waals surface area (Å²) < 4.78 is 38.0. The largest absolute Gasteiger partial charge is 0.497 e. The highest BCUT2D eigenvalue weighted by Crippen LogP contribution is 2.14. The molecule has 7 nitrogen and oxygen atoms in total. The molecule has 2 aromatic carbocycles. The molecule has 2 atom stereocenters. The molecule has 32 heavy (non-hydrogen) atoms. The fourth-order valence-corrected chi connectivity index (χ4v) is 2.80. The second-order valence-corrected chi connectivity index (χ2v) is 7.44. The van der Waals surface area contributed by atoms with Crippen molar-refractivity contribution in [3.63, 3.8) is 0 Å². The van der Waals surface area contributed by atoms with Gasteiger partial charge in [-0.25, -0.2) is 13.6 Å². The molecular formula is C23H26F2N2O5. The van der Waals surface area contributed by atoms with E-state index in [9.17, 15) is 23.2 Å². The summed E-state index contributed by atoms with van der Waals surface area (Å²) in [5.41, 5.74) is 0.0214. The van der Waals surface area contributed by atoms with E-state index in [2.05, 4.69) is 10.6 Å². The number of carbonyl (C=O) groups is 3. The van der Waals surface area contributed by atoms with Crippen LogP contribution in [-0.4, -0.2) is 37.0 Å². The number of methoxy groups -OCH3 is 1. The first kappa shape index (κ1) is 24.8. The summed E-state index contributed by atoms with van der Waals surface area (Å²) >= 11 is 0. The first-order chi connectivity index (χ1) is 15.1. The van der Waals surface area contributed by atoms with E-state index < -0.39 is 53.0 Å². The summed E-state index contributed by atoms with van der Waals surface area (Å²) in [7, 11) is 1.55. The van der Waals surface area contributed by atoms with Crippen molar-refractivity contribution in [2.45, 2.75) is 39.5 Å².